The first-order valence-corrected chi connectivity index (χ1v) is 8.59. The van der Waals surface area contributed by atoms with Gasteiger partial charge in [0.15, 0.2) is 0 Å². The normalized spacial score (nSPS) is 20.6. The zero-order valence-electron chi connectivity index (χ0n) is 11.4. The second-order valence-corrected chi connectivity index (χ2v) is 7.55. The molecule has 2 aliphatic heterocycles. The predicted octanol–water partition coefficient (Wildman–Crippen LogP) is 1.58. The third-order valence-electron chi connectivity index (χ3n) is 4.00. The van der Waals surface area contributed by atoms with Crippen LogP contribution in [0.3, 0.4) is 0 Å². The molecule has 0 N–H and O–H groups in total. The summed E-state index contributed by atoms with van der Waals surface area (Å²) in [5.74, 6) is 1.32. The van der Waals surface area contributed by atoms with Crippen LogP contribution in [-0.2, 0) is 13.9 Å². The van der Waals surface area contributed by atoms with Gasteiger partial charge >= 0.3 is 0 Å². The van der Waals surface area contributed by atoms with Crippen molar-refractivity contribution in [1.82, 2.24) is 0 Å². The molecule has 1 aromatic carbocycles. The number of benzene rings is 1. The minimum atomic E-state index is -0.991. The second-order valence-electron chi connectivity index (χ2n) is 5.28. The molecule has 19 heavy (non-hydrogen) atoms. The average molecular weight is 277 g/mol. The summed E-state index contributed by atoms with van der Waals surface area (Å²) in [4.78, 5) is 0. The van der Waals surface area contributed by atoms with Crippen LogP contribution in [0.1, 0.15) is 6.92 Å². The van der Waals surface area contributed by atoms with E-state index in [2.05, 4.69) is 37.3 Å². The summed E-state index contributed by atoms with van der Waals surface area (Å²) in [5, 5.41) is 1.39. The molecule has 0 aromatic heterocycles. The van der Waals surface area contributed by atoms with E-state index in [-0.39, 0.29) is 0 Å². The fraction of sp³-hybridized carbons (Fsp3) is 0.600. The molecule has 0 unspecified atom stereocenters. The maximum Gasteiger partial charge on any atom is 0.250 e. The Labute approximate surface area is 116 Å². The van der Waals surface area contributed by atoms with Crippen LogP contribution < -0.4 is 5.19 Å². The monoisotopic (exact) mass is 277 g/mol. The molecule has 3 nitrogen and oxygen atoms in total. The van der Waals surface area contributed by atoms with Gasteiger partial charge in [-0.05, 0) is 17.7 Å². The largest absolute Gasteiger partial charge is 0.412 e. The van der Waals surface area contributed by atoms with E-state index in [1.165, 1.54) is 5.19 Å². The maximum absolute atomic E-state index is 6.19. The molecule has 2 fully saturated rings. The van der Waals surface area contributed by atoms with Crippen LogP contribution in [0.25, 0.3) is 0 Å². The number of hydrogen-bond acceptors (Lipinski definition) is 3. The van der Waals surface area contributed by atoms with E-state index in [1.54, 1.807) is 0 Å². The van der Waals surface area contributed by atoms with Crippen LogP contribution in [0.4, 0.5) is 0 Å². The zero-order valence-corrected chi connectivity index (χ0v) is 12.4. The molecule has 2 heterocycles. The van der Waals surface area contributed by atoms with Crippen LogP contribution in [-0.4, -0.2) is 42.1 Å². The van der Waals surface area contributed by atoms with Crippen molar-refractivity contribution in [2.75, 3.05) is 33.0 Å². The molecular formula is C15H21O3Si. The lowest BCUT2D eigenvalue weighted by molar-refractivity contribution is -0.0918. The van der Waals surface area contributed by atoms with Crippen molar-refractivity contribution in [3.8, 4) is 0 Å². The van der Waals surface area contributed by atoms with Crippen molar-refractivity contribution in [3.05, 3.63) is 30.3 Å². The fourth-order valence-corrected chi connectivity index (χ4v) is 5.68. The van der Waals surface area contributed by atoms with Gasteiger partial charge in [0.25, 0.3) is 9.04 Å². The minimum absolute atomic E-state index is 0.620. The Kier molecular flexibility index (Phi) is 4.33. The summed E-state index contributed by atoms with van der Waals surface area (Å²) in [6, 6.07) is 10.7. The molecule has 2 saturated heterocycles. The van der Waals surface area contributed by atoms with Gasteiger partial charge in [0.2, 0.25) is 0 Å². The van der Waals surface area contributed by atoms with Crippen LogP contribution in [0.2, 0.25) is 5.54 Å². The minimum Gasteiger partial charge on any atom is -0.412 e. The SMILES string of the molecule is CCO[Si](c1ccccc1)C(C1COC1)C1COC1. The Balaban J connectivity index is 1.82. The number of rotatable bonds is 6. The summed E-state index contributed by atoms with van der Waals surface area (Å²) >= 11 is 0. The highest BCUT2D eigenvalue weighted by atomic mass is 28.3. The quantitative estimate of drug-likeness (QED) is 0.739. The molecule has 2 aliphatic rings. The molecule has 0 aliphatic carbocycles. The molecule has 0 spiro atoms. The summed E-state index contributed by atoms with van der Waals surface area (Å²) in [6.07, 6.45) is 0. The molecule has 1 aromatic rings. The van der Waals surface area contributed by atoms with Gasteiger partial charge < -0.3 is 13.9 Å². The first-order valence-electron chi connectivity index (χ1n) is 7.10. The highest BCUT2D eigenvalue weighted by Gasteiger charge is 2.45. The maximum atomic E-state index is 6.19. The lowest BCUT2D eigenvalue weighted by Crippen LogP contribution is -2.53. The summed E-state index contributed by atoms with van der Waals surface area (Å²) in [5.41, 5.74) is 0.620. The van der Waals surface area contributed by atoms with E-state index in [4.69, 9.17) is 13.9 Å². The summed E-state index contributed by atoms with van der Waals surface area (Å²) in [7, 11) is -0.991. The lowest BCUT2D eigenvalue weighted by Gasteiger charge is -2.44. The van der Waals surface area contributed by atoms with Gasteiger partial charge in [-0.1, -0.05) is 30.3 Å². The van der Waals surface area contributed by atoms with Gasteiger partial charge in [0.1, 0.15) is 0 Å². The third-order valence-corrected chi connectivity index (χ3v) is 7.05. The Bertz CT molecular complexity index is 376. The molecule has 1 radical (unpaired) electrons. The standard InChI is InChI=1S/C15H21O3Si/c1-2-18-19(14-6-4-3-5-7-14)15(12-8-16-9-12)13-10-17-11-13/h3-7,12-13,15H,2,8-11H2,1H3. The van der Waals surface area contributed by atoms with Gasteiger partial charge in [-0.15, -0.1) is 0 Å². The molecule has 0 atom stereocenters. The van der Waals surface area contributed by atoms with Crippen LogP contribution in [0, 0.1) is 11.8 Å². The zero-order chi connectivity index (χ0) is 13.1. The van der Waals surface area contributed by atoms with Crippen molar-refractivity contribution >= 4 is 14.2 Å². The number of hydrogen-bond donors (Lipinski definition) is 0. The Morgan fingerprint density at radius 3 is 2.11 bits per heavy atom. The van der Waals surface area contributed by atoms with E-state index in [0.717, 1.165) is 33.0 Å². The van der Waals surface area contributed by atoms with Crippen LogP contribution in [0.15, 0.2) is 30.3 Å². The Hall–Kier alpha value is -0.683. The van der Waals surface area contributed by atoms with E-state index < -0.39 is 9.04 Å². The molecule has 0 amide bonds. The number of ether oxygens (including phenoxy) is 2. The van der Waals surface area contributed by atoms with E-state index in [9.17, 15) is 0 Å². The van der Waals surface area contributed by atoms with Gasteiger partial charge in [-0.25, -0.2) is 0 Å². The van der Waals surface area contributed by atoms with Gasteiger partial charge in [-0.3, -0.25) is 0 Å². The van der Waals surface area contributed by atoms with Crippen molar-refractivity contribution in [2.45, 2.75) is 12.5 Å². The van der Waals surface area contributed by atoms with Crippen molar-refractivity contribution in [3.63, 3.8) is 0 Å². The van der Waals surface area contributed by atoms with Gasteiger partial charge in [-0.2, -0.15) is 0 Å². The smallest absolute Gasteiger partial charge is 0.250 e. The van der Waals surface area contributed by atoms with Crippen LogP contribution in [0.5, 0.6) is 0 Å². The molecule has 4 heteroatoms. The molecule has 3 rings (SSSR count). The fourth-order valence-electron chi connectivity index (χ4n) is 2.87. The second kappa shape index (κ2) is 6.18. The molecule has 103 valence electrons. The van der Waals surface area contributed by atoms with Crippen molar-refractivity contribution < 1.29 is 13.9 Å². The van der Waals surface area contributed by atoms with Crippen molar-refractivity contribution in [1.29, 1.82) is 0 Å². The molecule has 0 bridgehead atoms. The van der Waals surface area contributed by atoms with E-state index in [1.807, 2.05) is 0 Å². The molecular weight excluding hydrogens is 256 g/mol. The summed E-state index contributed by atoms with van der Waals surface area (Å²) < 4.78 is 17.0. The topological polar surface area (TPSA) is 27.7 Å². The average Bonchev–Trinajstić information content (AvgIpc) is 2.32. The van der Waals surface area contributed by atoms with Crippen molar-refractivity contribution in [2.24, 2.45) is 11.8 Å². The predicted molar refractivity (Wildman–Crippen MR) is 75.8 cm³/mol. The highest BCUT2D eigenvalue weighted by molar-refractivity contribution is 6.69. The van der Waals surface area contributed by atoms with Gasteiger partial charge in [0, 0.05) is 18.4 Å². The Morgan fingerprint density at radius 2 is 1.68 bits per heavy atom. The first-order chi connectivity index (χ1) is 9.40. The van der Waals surface area contributed by atoms with Gasteiger partial charge in [0.05, 0.1) is 26.4 Å². The highest BCUT2D eigenvalue weighted by Crippen LogP contribution is 2.39. The molecule has 0 saturated carbocycles. The van der Waals surface area contributed by atoms with E-state index >= 15 is 0 Å². The first kappa shape index (κ1) is 13.3. The summed E-state index contributed by atoms with van der Waals surface area (Å²) in [6.45, 7) is 6.48. The van der Waals surface area contributed by atoms with E-state index in [0.29, 0.717) is 17.4 Å². The van der Waals surface area contributed by atoms with Crippen LogP contribution >= 0.6 is 0 Å². The lowest BCUT2D eigenvalue weighted by atomic mass is 9.91. The Morgan fingerprint density at radius 1 is 1.11 bits per heavy atom. The third kappa shape index (κ3) is 2.77.